The van der Waals surface area contributed by atoms with Crippen LogP contribution in [0.5, 0.6) is 0 Å². The van der Waals surface area contributed by atoms with Gasteiger partial charge in [-0.15, -0.1) is 0 Å². The molecule has 1 fully saturated rings. The van der Waals surface area contributed by atoms with Crippen molar-refractivity contribution in [3.8, 4) is 0 Å². The van der Waals surface area contributed by atoms with E-state index in [4.69, 9.17) is 0 Å². The molecular formula is C18H26N2O. The van der Waals surface area contributed by atoms with Crippen LogP contribution < -0.4 is 10.6 Å². The summed E-state index contributed by atoms with van der Waals surface area (Å²) in [4.78, 5) is 12.7. The van der Waals surface area contributed by atoms with Crippen LogP contribution in [0.25, 0.3) is 0 Å². The van der Waals surface area contributed by atoms with Crippen LogP contribution in [0.15, 0.2) is 18.2 Å². The van der Waals surface area contributed by atoms with E-state index in [1.807, 2.05) is 12.1 Å². The minimum Gasteiger partial charge on any atom is -0.381 e. The van der Waals surface area contributed by atoms with Crippen molar-refractivity contribution in [2.75, 3.05) is 10.6 Å². The number of benzene rings is 1. The highest BCUT2D eigenvalue weighted by atomic mass is 16.1. The quantitative estimate of drug-likeness (QED) is 0.855. The van der Waals surface area contributed by atoms with Gasteiger partial charge in [-0.25, -0.2) is 0 Å². The fraction of sp³-hybridized carbons (Fsp3) is 0.611. The number of carbonyl (C=O) groups excluding carboxylic acids is 1. The molecule has 1 aliphatic heterocycles. The number of para-hydroxylation sites is 1. The van der Waals surface area contributed by atoms with Gasteiger partial charge in [0.1, 0.15) is 0 Å². The lowest BCUT2D eigenvalue weighted by molar-refractivity contribution is -0.122. The average Bonchev–Trinajstić information content (AvgIpc) is 2.79. The van der Waals surface area contributed by atoms with E-state index >= 15 is 0 Å². The zero-order valence-corrected chi connectivity index (χ0v) is 13.3. The van der Waals surface area contributed by atoms with Gasteiger partial charge in [0, 0.05) is 12.0 Å². The van der Waals surface area contributed by atoms with Crippen LogP contribution in [0.2, 0.25) is 0 Å². The van der Waals surface area contributed by atoms with Gasteiger partial charge in [-0.1, -0.05) is 32.4 Å². The summed E-state index contributed by atoms with van der Waals surface area (Å²) < 4.78 is 0. The number of fused-ring (bicyclic) bond motifs is 1. The summed E-state index contributed by atoms with van der Waals surface area (Å²) in [7, 11) is 0. The second-order valence-electron chi connectivity index (χ2n) is 7.35. The van der Waals surface area contributed by atoms with Crippen molar-refractivity contribution in [3.05, 3.63) is 23.8 Å². The van der Waals surface area contributed by atoms with Crippen LogP contribution in [-0.2, 0) is 11.2 Å². The minimum absolute atomic E-state index is 0.125. The van der Waals surface area contributed by atoms with Crippen LogP contribution in [0.1, 0.15) is 52.0 Å². The molecule has 21 heavy (non-hydrogen) atoms. The van der Waals surface area contributed by atoms with E-state index < -0.39 is 0 Å². The number of hydrogen-bond donors (Lipinski definition) is 2. The SMILES string of the molecule is CC1CCc2cccc(NC(=O)C3CCCC3(C)C)c2N1. The summed E-state index contributed by atoms with van der Waals surface area (Å²) in [6.45, 7) is 6.62. The number of carbonyl (C=O) groups is 1. The molecule has 1 aromatic rings. The zero-order chi connectivity index (χ0) is 15.0. The maximum Gasteiger partial charge on any atom is 0.228 e. The van der Waals surface area contributed by atoms with Crippen LogP contribution in [-0.4, -0.2) is 11.9 Å². The predicted octanol–water partition coefficient (Wildman–Crippen LogP) is 4.20. The Bertz CT molecular complexity index is 550. The van der Waals surface area contributed by atoms with Gasteiger partial charge in [-0.3, -0.25) is 4.79 Å². The zero-order valence-electron chi connectivity index (χ0n) is 13.3. The highest BCUT2D eigenvalue weighted by molar-refractivity contribution is 5.97. The standard InChI is InChI=1S/C18H26N2O/c1-12-9-10-13-6-4-8-15(16(13)19-12)20-17(21)14-7-5-11-18(14,2)3/h4,6,8,12,14,19H,5,7,9-11H2,1-3H3,(H,20,21). The summed E-state index contributed by atoms with van der Waals surface area (Å²) in [6.07, 6.45) is 5.56. The number of rotatable bonds is 2. The minimum atomic E-state index is 0.125. The van der Waals surface area contributed by atoms with Gasteiger partial charge in [0.25, 0.3) is 0 Å². The van der Waals surface area contributed by atoms with E-state index in [1.165, 1.54) is 5.56 Å². The van der Waals surface area contributed by atoms with Gasteiger partial charge in [0.05, 0.1) is 11.4 Å². The molecule has 2 atom stereocenters. The molecule has 3 nitrogen and oxygen atoms in total. The molecule has 1 heterocycles. The topological polar surface area (TPSA) is 41.1 Å². The molecule has 1 aliphatic carbocycles. The van der Waals surface area contributed by atoms with E-state index in [0.29, 0.717) is 6.04 Å². The third-order valence-corrected chi connectivity index (χ3v) is 5.22. The van der Waals surface area contributed by atoms with Crippen molar-refractivity contribution >= 4 is 17.3 Å². The lowest BCUT2D eigenvalue weighted by Crippen LogP contribution is -2.31. The highest BCUT2D eigenvalue weighted by Crippen LogP contribution is 2.43. The second-order valence-corrected chi connectivity index (χ2v) is 7.35. The first-order valence-electron chi connectivity index (χ1n) is 8.17. The summed E-state index contributed by atoms with van der Waals surface area (Å²) in [5, 5.41) is 6.72. The van der Waals surface area contributed by atoms with Gasteiger partial charge in [-0.2, -0.15) is 0 Å². The Labute approximate surface area is 127 Å². The molecule has 2 aliphatic rings. The second kappa shape index (κ2) is 5.36. The van der Waals surface area contributed by atoms with Crippen LogP contribution in [0, 0.1) is 11.3 Å². The van der Waals surface area contributed by atoms with Crippen LogP contribution in [0.3, 0.4) is 0 Å². The Kier molecular flexibility index (Phi) is 3.68. The van der Waals surface area contributed by atoms with E-state index in [1.54, 1.807) is 0 Å². The lowest BCUT2D eigenvalue weighted by Gasteiger charge is -2.29. The normalized spacial score (nSPS) is 26.8. The summed E-state index contributed by atoms with van der Waals surface area (Å²) >= 11 is 0. The first kappa shape index (κ1) is 14.4. The van der Waals surface area contributed by atoms with Crippen molar-refractivity contribution < 1.29 is 4.79 Å². The largest absolute Gasteiger partial charge is 0.381 e. The first-order valence-corrected chi connectivity index (χ1v) is 8.17. The maximum atomic E-state index is 12.7. The van der Waals surface area contributed by atoms with Crippen molar-refractivity contribution in [1.82, 2.24) is 0 Å². The number of anilines is 2. The molecule has 3 rings (SSSR count). The third kappa shape index (κ3) is 2.78. The molecule has 2 N–H and O–H groups in total. The van der Waals surface area contributed by atoms with Gasteiger partial charge in [0.2, 0.25) is 5.91 Å². The fourth-order valence-corrected chi connectivity index (χ4v) is 3.81. The number of nitrogens with one attached hydrogen (secondary N) is 2. The van der Waals surface area contributed by atoms with Gasteiger partial charge in [0.15, 0.2) is 0 Å². The number of hydrogen-bond acceptors (Lipinski definition) is 2. The Morgan fingerprint density at radius 1 is 1.33 bits per heavy atom. The van der Waals surface area contributed by atoms with E-state index in [2.05, 4.69) is 37.5 Å². The van der Waals surface area contributed by atoms with E-state index in [-0.39, 0.29) is 17.2 Å². The Morgan fingerprint density at radius 2 is 2.14 bits per heavy atom. The summed E-state index contributed by atoms with van der Waals surface area (Å²) in [5.74, 6) is 0.320. The molecule has 0 aromatic heterocycles. The van der Waals surface area contributed by atoms with E-state index in [0.717, 1.165) is 43.5 Å². The molecule has 1 aromatic carbocycles. The fourth-order valence-electron chi connectivity index (χ4n) is 3.81. The van der Waals surface area contributed by atoms with Gasteiger partial charge < -0.3 is 10.6 Å². The van der Waals surface area contributed by atoms with Crippen molar-refractivity contribution in [1.29, 1.82) is 0 Å². The molecule has 0 saturated heterocycles. The summed E-state index contributed by atoms with van der Waals surface area (Å²) in [6, 6.07) is 6.69. The molecule has 1 amide bonds. The molecule has 2 unspecified atom stereocenters. The van der Waals surface area contributed by atoms with Crippen LogP contribution >= 0.6 is 0 Å². The highest BCUT2D eigenvalue weighted by Gasteiger charge is 2.39. The molecule has 0 radical (unpaired) electrons. The Hall–Kier alpha value is -1.51. The molecule has 114 valence electrons. The molecule has 1 saturated carbocycles. The molecule has 0 spiro atoms. The van der Waals surface area contributed by atoms with Gasteiger partial charge >= 0.3 is 0 Å². The first-order chi connectivity index (χ1) is 9.97. The third-order valence-electron chi connectivity index (χ3n) is 5.22. The summed E-state index contributed by atoms with van der Waals surface area (Å²) in [5.41, 5.74) is 3.52. The van der Waals surface area contributed by atoms with E-state index in [9.17, 15) is 4.79 Å². The number of amides is 1. The Morgan fingerprint density at radius 3 is 2.86 bits per heavy atom. The lowest BCUT2D eigenvalue weighted by atomic mass is 9.81. The molecule has 3 heteroatoms. The monoisotopic (exact) mass is 286 g/mol. The molecule has 0 bridgehead atoms. The van der Waals surface area contributed by atoms with Crippen molar-refractivity contribution in [2.45, 2.75) is 58.9 Å². The van der Waals surface area contributed by atoms with Crippen molar-refractivity contribution in [3.63, 3.8) is 0 Å². The van der Waals surface area contributed by atoms with Gasteiger partial charge in [-0.05, 0) is 49.7 Å². The average molecular weight is 286 g/mol. The van der Waals surface area contributed by atoms with Crippen LogP contribution in [0.4, 0.5) is 11.4 Å². The van der Waals surface area contributed by atoms with Crippen molar-refractivity contribution in [2.24, 2.45) is 11.3 Å². The predicted molar refractivity (Wildman–Crippen MR) is 87.6 cm³/mol. The molecular weight excluding hydrogens is 260 g/mol. The Balaban J connectivity index is 1.81. The number of aryl methyl sites for hydroxylation is 1. The maximum absolute atomic E-state index is 12.7. The smallest absolute Gasteiger partial charge is 0.228 e.